The largest absolute Gasteiger partial charge is 0.465 e. The molecule has 2 saturated heterocycles. The molecule has 0 radical (unpaired) electrons. The summed E-state index contributed by atoms with van der Waals surface area (Å²) in [4.78, 5) is 41.5. The van der Waals surface area contributed by atoms with Gasteiger partial charge in [-0.3, -0.25) is 4.79 Å². The van der Waals surface area contributed by atoms with E-state index in [4.69, 9.17) is 21.1 Å². The molecule has 0 aromatic heterocycles. The number of hydrogen-bond donors (Lipinski definition) is 0. The van der Waals surface area contributed by atoms with E-state index >= 15 is 0 Å². The molecule has 0 bridgehead atoms. The second-order valence-electron chi connectivity index (χ2n) is 9.79. The van der Waals surface area contributed by atoms with Gasteiger partial charge in [-0.1, -0.05) is 23.7 Å². The Bertz CT molecular complexity index is 1080. The van der Waals surface area contributed by atoms with Crippen LogP contribution in [0.4, 0.5) is 10.5 Å². The lowest BCUT2D eigenvalue weighted by Gasteiger charge is -2.58. The monoisotopic (exact) mass is 484 g/mol. The van der Waals surface area contributed by atoms with Gasteiger partial charge in [0.05, 0.1) is 24.1 Å². The van der Waals surface area contributed by atoms with Crippen LogP contribution in [0.25, 0.3) is 0 Å². The van der Waals surface area contributed by atoms with Crippen LogP contribution in [-0.4, -0.2) is 48.7 Å². The fraction of sp³-hybridized carbons (Fsp3) is 0.423. The first-order chi connectivity index (χ1) is 16.1. The number of methoxy groups -OCH3 is 1. The third-order valence-corrected chi connectivity index (χ3v) is 6.74. The number of anilines is 1. The van der Waals surface area contributed by atoms with Gasteiger partial charge in [-0.2, -0.15) is 0 Å². The minimum Gasteiger partial charge on any atom is -0.465 e. The minimum atomic E-state index is -0.618. The molecule has 8 heteroatoms. The highest BCUT2D eigenvalue weighted by Gasteiger charge is 2.62. The molecule has 1 atom stereocenters. The molecule has 2 aliphatic heterocycles. The van der Waals surface area contributed by atoms with Crippen LogP contribution in [0.15, 0.2) is 48.5 Å². The van der Waals surface area contributed by atoms with Crippen LogP contribution >= 0.6 is 11.6 Å². The van der Waals surface area contributed by atoms with E-state index in [0.717, 1.165) is 5.56 Å². The van der Waals surface area contributed by atoms with Crippen molar-refractivity contribution in [2.24, 2.45) is 5.41 Å². The van der Waals surface area contributed by atoms with E-state index in [1.54, 1.807) is 34.1 Å². The summed E-state index contributed by atoms with van der Waals surface area (Å²) < 4.78 is 10.3. The Hall–Kier alpha value is -3.06. The third kappa shape index (κ3) is 4.37. The van der Waals surface area contributed by atoms with Crippen LogP contribution in [0.1, 0.15) is 55.6 Å². The SMILES string of the molecule is COC(=O)c1ccc(N2C(=O)C3(CCN(C(=O)OC(C)(C)C)CC3)C2c2ccc(Cl)cc2)cc1. The number of β-lactam (4-membered cyclic amide) rings is 1. The molecular weight excluding hydrogens is 456 g/mol. The summed E-state index contributed by atoms with van der Waals surface area (Å²) in [5, 5.41) is 0.622. The Morgan fingerprint density at radius 2 is 1.59 bits per heavy atom. The van der Waals surface area contributed by atoms with E-state index in [1.165, 1.54) is 7.11 Å². The molecule has 2 fully saturated rings. The van der Waals surface area contributed by atoms with Crippen LogP contribution in [0, 0.1) is 5.41 Å². The molecule has 0 saturated carbocycles. The molecule has 2 aromatic rings. The summed E-state index contributed by atoms with van der Waals surface area (Å²) in [6.07, 6.45) is 0.719. The lowest BCUT2D eigenvalue weighted by Crippen LogP contribution is -2.67. The Morgan fingerprint density at radius 1 is 1.00 bits per heavy atom. The van der Waals surface area contributed by atoms with Crippen molar-refractivity contribution in [3.63, 3.8) is 0 Å². The van der Waals surface area contributed by atoms with Gasteiger partial charge in [0.25, 0.3) is 0 Å². The number of esters is 1. The van der Waals surface area contributed by atoms with Crippen LogP contribution < -0.4 is 4.90 Å². The van der Waals surface area contributed by atoms with Gasteiger partial charge >= 0.3 is 12.1 Å². The molecule has 34 heavy (non-hydrogen) atoms. The maximum absolute atomic E-state index is 13.6. The number of benzene rings is 2. The summed E-state index contributed by atoms with van der Waals surface area (Å²) in [6, 6.07) is 14.2. The first kappa shape index (κ1) is 24.1. The van der Waals surface area contributed by atoms with E-state index < -0.39 is 17.0 Å². The van der Waals surface area contributed by atoms with Gasteiger partial charge < -0.3 is 19.3 Å². The summed E-state index contributed by atoms with van der Waals surface area (Å²) in [5.74, 6) is -0.413. The Morgan fingerprint density at radius 3 is 2.12 bits per heavy atom. The van der Waals surface area contributed by atoms with Gasteiger partial charge in [0, 0.05) is 23.8 Å². The van der Waals surface area contributed by atoms with Crippen molar-refractivity contribution in [3.8, 4) is 0 Å². The van der Waals surface area contributed by atoms with Crippen molar-refractivity contribution in [2.75, 3.05) is 25.1 Å². The number of amides is 2. The number of carbonyl (C=O) groups excluding carboxylic acids is 3. The highest BCUT2D eigenvalue weighted by molar-refractivity contribution is 6.30. The number of carbonyl (C=O) groups is 3. The fourth-order valence-electron chi connectivity index (χ4n) is 4.81. The number of piperidine rings is 1. The first-order valence-corrected chi connectivity index (χ1v) is 11.7. The maximum Gasteiger partial charge on any atom is 0.410 e. The number of likely N-dealkylation sites (tertiary alicyclic amines) is 1. The highest BCUT2D eigenvalue weighted by atomic mass is 35.5. The second kappa shape index (κ2) is 8.95. The molecule has 1 spiro atoms. The molecular formula is C26H29ClN2O5. The van der Waals surface area contributed by atoms with Gasteiger partial charge in [-0.05, 0) is 75.6 Å². The van der Waals surface area contributed by atoms with Crippen molar-refractivity contribution < 1.29 is 23.9 Å². The summed E-state index contributed by atoms with van der Waals surface area (Å²) in [7, 11) is 1.33. The topological polar surface area (TPSA) is 76.2 Å². The number of rotatable bonds is 3. The highest BCUT2D eigenvalue weighted by Crippen LogP contribution is 2.57. The van der Waals surface area contributed by atoms with Gasteiger partial charge in [-0.15, -0.1) is 0 Å². The zero-order chi connectivity index (χ0) is 24.7. The molecule has 0 aliphatic carbocycles. The van der Waals surface area contributed by atoms with E-state index in [9.17, 15) is 14.4 Å². The van der Waals surface area contributed by atoms with Crippen LogP contribution in [0.3, 0.4) is 0 Å². The molecule has 2 aromatic carbocycles. The van der Waals surface area contributed by atoms with Gasteiger partial charge in [0.2, 0.25) is 5.91 Å². The molecule has 2 amide bonds. The number of halogens is 1. The lowest BCUT2D eigenvalue weighted by molar-refractivity contribution is -0.144. The fourth-order valence-corrected chi connectivity index (χ4v) is 4.94. The van der Waals surface area contributed by atoms with Crippen LogP contribution in [0.2, 0.25) is 5.02 Å². The van der Waals surface area contributed by atoms with Crippen molar-refractivity contribution in [1.29, 1.82) is 0 Å². The Balaban J connectivity index is 1.61. The number of ether oxygens (including phenoxy) is 2. The Labute approximate surface area is 204 Å². The molecule has 180 valence electrons. The zero-order valence-electron chi connectivity index (χ0n) is 19.8. The quantitative estimate of drug-likeness (QED) is 0.440. The minimum absolute atomic E-state index is 0.0158. The molecule has 2 heterocycles. The van der Waals surface area contributed by atoms with Crippen molar-refractivity contribution in [2.45, 2.75) is 45.3 Å². The van der Waals surface area contributed by atoms with Crippen molar-refractivity contribution >= 4 is 35.3 Å². The lowest BCUT2D eigenvalue weighted by atomic mass is 9.62. The predicted octanol–water partition coefficient (Wildman–Crippen LogP) is 5.23. The average Bonchev–Trinajstić information content (AvgIpc) is 2.81. The molecule has 1 unspecified atom stereocenters. The van der Waals surface area contributed by atoms with Gasteiger partial charge in [-0.25, -0.2) is 9.59 Å². The second-order valence-corrected chi connectivity index (χ2v) is 10.2. The average molecular weight is 485 g/mol. The molecule has 0 N–H and O–H groups in total. The van der Waals surface area contributed by atoms with Crippen LogP contribution in [0.5, 0.6) is 0 Å². The van der Waals surface area contributed by atoms with Crippen LogP contribution in [-0.2, 0) is 14.3 Å². The van der Waals surface area contributed by atoms with E-state index in [2.05, 4.69) is 0 Å². The first-order valence-electron chi connectivity index (χ1n) is 11.3. The number of nitrogens with zero attached hydrogens (tertiary/aromatic N) is 2. The standard InChI is InChI=1S/C26H29ClN2O5/c1-25(2,3)34-24(32)28-15-13-26(14-16-28)21(17-5-9-19(27)10-6-17)29(23(26)31)20-11-7-18(8-12-20)22(30)33-4/h5-12,21H,13-16H2,1-4H3. The maximum atomic E-state index is 13.6. The predicted molar refractivity (Wildman–Crippen MR) is 129 cm³/mol. The zero-order valence-corrected chi connectivity index (χ0v) is 20.6. The van der Waals surface area contributed by atoms with E-state index in [0.29, 0.717) is 42.2 Å². The summed E-state index contributed by atoms with van der Waals surface area (Å²) >= 11 is 6.12. The Kier molecular flexibility index (Phi) is 6.34. The van der Waals surface area contributed by atoms with Gasteiger partial charge in [0.15, 0.2) is 0 Å². The van der Waals surface area contributed by atoms with E-state index in [1.807, 2.05) is 45.0 Å². The van der Waals surface area contributed by atoms with Crippen molar-refractivity contribution in [1.82, 2.24) is 4.90 Å². The molecule has 7 nitrogen and oxygen atoms in total. The van der Waals surface area contributed by atoms with E-state index in [-0.39, 0.29) is 18.0 Å². The summed E-state index contributed by atoms with van der Waals surface area (Å²) in [5.41, 5.74) is 0.914. The summed E-state index contributed by atoms with van der Waals surface area (Å²) in [6.45, 7) is 6.41. The molecule has 2 aliphatic rings. The van der Waals surface area contributed by atoms with Crippen molar-refractivity contribution in [3.05, 3.63) is 64.7 Å². The molecule has 4 rings (SSSR count). The third-order valence-electron chi connectivity index (χ3n) is 6.49. The number of hydrogen-bond acceptors (Lipinski definition) is 5. The normalized spacial score (nSPS) is 19.6. The smallest absolute Gasteiger partial charge is 0.410 e. The van der Waals surface area contributed by atoms with Gasteiger partial charge in [0.1, 0.15) is 5.60 Å².